The van der Waals surface area contributed by atoms with Crippen LogP contribution in [0.25, 0.3) is 5.65 Å². The molecule has 0 atom stereocenters. The molecule has 1 aliphatic rings. The number of amides is 2. The quantitative estimate of drug-likeness (QED) is 0.874. The number of aromatic nitrogens is 3. The average molecular weight is 355 g/mol. The van der Waals surface area contributed by atoms with Crippen LogP contribution in [0.3, 0.4) is 0 Å². The Balaban J connectivity index is 1.73. The fourth-order valence-corrected chi connectivity index (χ4v) is 3.06. The highest BCUT2D eigenvalue weighted by Gasteiger charge is 2.41. The SMILES string of the molecule is NC(=O)c1cnn2c(C(=O)NC3CCC(C(F)(F)F)CC3)ccnc12. The molecule has 3 rings (SSSR count). The number of fused-ring (bicyclic) bond motifs is 1. The van der Waals surface area contributed by atoms with Gasteiger partial charge in [0, 0.05) is 12.2 Å². The minimum atomic E-state index is -4.19. The zero-order valence-corrected chi connectivity index (χ0v) is 13.1. The zero-order valence-electron chi connectivity index (χ0n) is 13.1. The number of carbonyl (C=O) groups is 2. The zero-order chi connectivity index (χ0) is 18.2. The molecule has 0 aliphatic heterocycles. The van der Waals surface area contributed by atoms with Crippen LogP contribution in [0.15, 0.2) is 18.5 Å². The molecule has 1 aliphatic carbocycles. The Labute approximate surface area is 140 Å². The van der Waals surface area contributed by atoms with Gasteiger partial charge in [-0.25, -0.2) is 9.50 Å². The van der Waals surface area contributed by atoms with Crippen LogP contribution in [0.1, 0.15) is 46.5 Å². The molecule has 2 amide bonds. The summed E-state index contributed by atoms with van der Waals surface area (Å²) in [5.74, 6) is -2.51. The number of rotatable bonds is 3. The molecular weight excluding hydrogens is 339 g/mol. The summed E-state index contributed by atoms with van der Waals surface area (Å²) >= 11 is 0. The van der Waals surface area contributed by atoms with E-state index in [1.807, 2.05) is 0 Å². The highest BCUT2D eigenvalue weighted by atomic mass is 19.4. The van der Waals surface area contributed by atoms with E-state index < -0.39 is 23.9 Å². The molecular formula is C15H16F3N5O2. The van der Waals surface area contributed by atoms with Crippen LogP contribution >= 0.6 is 0 Å². The van der Waals surface area contributed by atoms with E-state index >= 15 is 0 Å². The van der Waals surface area contributed by atoms with Crippen LogP contribution in [-0.2, 0) is 0 Å². The van der Waals surface area contributed by atoms with Crippen LogP contribution in [0, 0.1) is 5.92 Å². The maximum Gasteiger partial charge on any atom is 0.391 e. The number of primary amides is 1. The minimum absolute atomic E-state index is 0.00615. The Kier molecular flexibility index (Phi) is 4.36. The van der Waals surface area contributed by atoms with Gasteiger partial charge < -0.3 is 11.1 Å². The molecule has 0 unspecified atom stereocenters. The fraction of sp³-hybridized carbons (Fsp3) is 0.467. The van der Waals surface area contributed by atoms with Crippen molar-refractivity contribution in [2.24, 2.45) is 11.7 Å². The molecule has 1 saturated carbocycles. The minimum Gasteiger partial charge on any atom is -0.365 e. The predicted molar refractivity (Wildman–Crippen MR) is 80.8 cm³/mol. The number of nitrogens with one attached hydrogen (secondary N) is 1. The van der Waals surface area contributed by atoms with Gasteiger partial charge in [0.1, 0.15) is 11.3 Å². The van der Waals surface area contributed by atoms with Gasteiger partial charge in [-0.05, 0) is 31.7 Å². The van der Waals surface area contributed by atoms with Crippen LogP contribution in [0.4, 0.5) is 13.2 Å². The number of hydrogen-bond donors (Lipinski definition) is 2. The summed E-state index contributed by atoms with van der Waals surface area (Å²) < 4.78 is 39.3. The second-order valence-electron chi connectivity index (χ2n) is 6.05. The highest BCUT2D eigenvalue weighted by Crippen LogP contribution is 2.37. The lowest BCUT2D eigenvalue weighted by Gasteiger charge is -2.30. The van der Waals surface area contributed by atoms with Gasteiger partial charge >= 0.3 is 6.18 Å². The largest absolute Gasteiger partial charge is 0.391 e. The summed E-state index contributed by atoms with van der Waals surface area (Å²) in [5, 5.41) is 6.67. The normalized spacial score (nSPS) is 21.2. The van der Waals surface area contributed by atoms with Gasteiger partial charge in [-0.1, -0.05) is 0 Å². The number of hydrogen-bond acceptors (Lipinski definition) is 4. The first-order valence-electron chi connectivity index (χ1n) is 7.77. The van der Waals surface area contributed by atoms with Gasteiger partial charge in [0.05, 0.1) is 12.1 Å². The van der Waals surface area contributed by atoms with E-state index in [2.05, 4.69) is 15.4 Å². The molecule has 0 radical (unpaired) electrons. The van der Waals surface area contributed by atoms with E-state index in [1.54, 1.807) is 0 Å². The van der Waals surface area contributed by atoms with E-state index in [4.69, 9.17) is 5.73 Å². The third-order valence-corrected chi connectivity index (χ3v) is 4.42. The van der Waals surface area contributed by atoms with E-state index in [9.17, 15) is 22.8 Å². The second kappa shape index (κ2) is 6.34. The average Bonchev–Trinajstić information content (AvgIpc) is 2.98. The van der Waals surface area contributed by atoms with Crippen molar-refractivity contribution in [1.82, 2.24) is 19.9 Å². The number of nitrogens with zero attached hydrogens (tertiary/aromatic N) is 3. The molecule has 1 fully saturated rings. The maximum absolute atomic E-state index is 12.7. The lowest BCUT2D eigenvalue weighted by Crippen LogP contribution is -2.40. The Bertz CT molecular complexity index is 809. The molecule has 0 aromatic carbocycles. The van der Waals surface area contributed by atoms with Crippen LogP contribution in [0.5, 0.6) is 0 Å². The van der Waals surface area contributed by atoms with Gasteiger partial charge in [0.2, 0.25) is 0 Å². The summed E-state index contributed by atoms with van der Waals surface area (Å²) in [7, 11) is 0. The Hall–Kier alpha value is -2.65. The summed E-state index contributed by atoms with van der Waals surface area (Å²) in [6.45, 7) is 0. The van der Waals surface area contributed by atoms with Crippen molar-refractivity contribution >= 4 is 17.5 Å². The molecule has 25 heavy (non-hydrogen) atoms. The molecule has 2 heterocycles. The second-order valence-corrected chi connectivity index (χ2v) is 6.05. The van der Waals surface area contributed by atoms with Gasteiger partial charge in [-0.2, -0.15) is 18.3 Å². The highest BCUT2D eigenvalue weighted by molar-refractivity contribution is 5.99. The van der Waals surface area contributed by atoms with Crippen molar-refractivity contribution in [3.63, 3.8) is 0 Å². The number of nitrogens with two attached hydrogens (primary N) is 1. The van der Waals surface area contributed by atoms with Crippen molar-refractivity contribution in [2.75, 3.05) is 0 Å². The summed E-state index contributed by atoms with van der Waals surface area (Å²) in [4.78, 5) is 27.8. The van der Waals surface area contributed by atoms with E-state index in [-0.39, 0.29) is 48.6 Å². The van der Waals surface area contributed by atoms with E-state index in [0.29, 0.717) is 0 Å². The molecule has 2 aromatic rings. The van der Waals surface area contributed by atoms with Gasteiger partial charge in [0.25, 0.3) is 11.8 Å². The summed E-state index contributed by atoms with van der Waals surface area (Å²) in [6.07, 6.45) is -1.12. The first-order valence-corrected chi connectivity index (χ1v) is 7.77. The number of halogens is 3. The van der Waals surface area contributed by atoms with Gasteiger partial charge in [-0.3, -0.25) is 9.59 Å². The first kappa shape index (κ1) is 17.2. The van der Waals surface area contributed by atoms with Crippen LogP contribution in [0.2, 0.25) is 0 Å². The van der Waals surface area contributed by atoms with Crippen molar-refractivity contribution in [1.29, 1.82) is 0 Å². The van der Waals surface area contributed by atoms with Crippen LogP contribution in [-0.4, -0.2) is 38.6 Å². The Morgan fingerprint density at radius 1 is 1.24 bits per heavy atom. The molecule has 10 heteroatoms. The fourth-order valence-electron chi connectivity index (χ4n) is 3.06. The van der Waals surface area contributed by atoms with Crippen molar-refractivity contribution in [2.45, 2.75) is 37.9 Å². The Morgan fingerprint density at radius 3 is 2.52 bits per heavy atom. The standard InChI is InChI=1S/C15H16F3N5O2/c16-15(17,18)8-1-3-9(4-2-8)22-14(25)11-5-6-20-13-10(12(19)24)7-21-23(11)13/h5-9H,1-4H2,(H2,19,24)(H,22,25). The van der Waals surface area contributed by atoms with Gasteiger partial charge in [0.15, 0.2) is 5.65 Å². The topological polar surface area (TPSA) is 102 Å². The molecule has 0 bridgehead atoms. The van der Waals surface area contributed by atoms with E-state index in [1.165, 1.54) is 23.0 Å². The maximum atomic E-state index is 12.7. The molecule has 2 aromatic heterocycles. The third-order valence-electron chi connectivity index (χ3n) is 4.42. The van der Waals surface area contributed by atoms with Crippen molar-refractivity contribution in [3.05, 3.63) is 29.7 Å². The van der Waals surface area contributed by atoms with Crippen molar-refractivity contribution in [3.8, 4) is 0 Å². The number of carbonyl (C=O) groups excluding carboxylic acids is 2. The van der Waals surface area contributed by atoms with Gasteiger partial charge in [-0.15, -0.1) is 0 Å². The first-order chi connectivity index (χ1) is 11.8. The monoisotopic (exact) mass is 355 g/mol. The molecule has 3 N–H and O–H groups in total. The number of alkyl halides is 3. The Morgan fingerprint density at radius 2 is 1.92 bits per heavy atom. The molecule has 0 saturated heterocycles. The lowest BCUT2D eigenvalue weighted by atomic mass is 9.85. The predicted octanol–water partition coefficient (Wildman–Crippen LogP) is 1.68. The third kappa shape index (κ3) is 3.42. The van der Waals surface area contributed by atoms with Crippen molar-refractivity contribution < 1.29 is 22.8 Å². The summed E-state index contributed by atoms with van der Waals surface area (Å²) in [5.41, 5.74) is 5.60. The molecule has 0 spiro atoms. The molecule has 134 valence electrons. The molecule has 7 nitrogen and oxygen atoms in total. The smallest absolute Gasteiger partial charge is 0.365 e. The summed E-state index contributed by atoms with van der Waals surface area (Å²) in [6, 6.07) is 1.09. The van der Waals surface area contributed by atoms with Crippen LogP contribution < -0.4 is 11.1 Å². The van der Waals surface area contributed by atoms with E-state index in [0.717, 1.165) is 0 Å². The lowest BCUT2D eigenvalue weighted by molar-refractivity contribution is -0.182.